The number of carboxylic acids is 1. The number of hydrogen-bond donors (Lipinski definition) is 1. The van der Waals surface area contributed by atoms with E-state index in [1.165, 1.54) is 363 Å². The van der Waals surface area contributed by atoms with Gasteiger partial charge in [0.1, 0.15) is 0 Å². The summed E-state index contributed by atoms with van der Waals surface area (Å²) >= 11 is 0. The van der Waals surface area contributed by atoms with Gasteiger partial charge in [-0.15, -0.1) is 0 Å². The normalized spacial score (nSPS) is 13.2. The summed E-state index contributed by atoms with van der Waals surface area (Å²) in [7, 11) is 0. The number of fused-ring (bicyclic) bond motifs is 2. The molecule has 5 aromatic rings. The smallest absolute Gasteiger partial charge is 0.303 e. The topological polar surface area (TPSA) is 112 Å². The molecule has 0 saturated heterocycles. The van der Waals surface area contributed by atoms with Crippen molar-refractivity contribution in [3.05, 3.63) is 70.8 Å². The Hall–Kier alpha value is -4.85. The van der Waals surface area contributed by atoms with Crippen LogP contribution in [-0.4, -0.2) is 57.6 Å². The molecule has 2 heterocycles. The Balaban J connectivity index is 0.666. The first-order chi connectivity index (χ1) is 49.3. The largest absolute Gasteiger partial charge is 0.481 e. The van der Waals surface area contributed by atoms with Gasteiger partial charge in [-0.05, 0) is 75.8 Å². The second-order valence-corrected chi connectivity index (χ2v) is 31.7. The Labute approximate surface area is 610 Å². The van der Waals surface area contributed by atoms with E-state index in [0.29, 0.717) is 41.8 Å². The number of aliphatic carboxylic acids is 1. The zero-order valence-corrected chi connectivity index (χ0v) is 64.2. The lowest BCUT2D eigenvalue weighted by Crippen LogP contribution is -2.41. The van der Waals surface area contributed by atoms with Crippen LogP contribution in [-0.2, 0) is 4.79 Å². The molecule has 0 saturated carbocycles. The Kier molecular flexibility index (Phi) is 42.3. The van der Waals surface area contributed by atoms with Gasteiger partial charge < -0.3 is 5.11 Å². The third-order valence-electron chi connectivity index (χ3n) is 23.3. The van der Waals surface area contributed by atoms with Gasteiger partial charge in [-0.2, -0.15) is 0 Å². The van der Waals surface area contributed by atoms with Crippen molar-refractivity contribution in [2.24, 2.45) is 0 Å². The van der Waals surface area contributed by atoms with Gasteiger partial charge in [0.25, 0.3) is 23.6 Å². The number of amides is 4. The zero-order valence-electron chi connectivity index (χ0n) is 64.2. The van der Waals surface area contributed by atoms with E-state index >= 15 is 0 Å². The van der Waals surface area contributed by atoms with Crippen LogP contribution in [0.2, 0.25) is 0 Å². The quantitative estimate of drug-likeness (QED) is 0.0180. The molecular weight excluding hydrogens is 1230 g/mol. The lowest BCUT2D eigenvalue weighted by Gasteiger charge is -2.30. The molecule has 0 atom stereocenters. The molecule has 8 nitrogen and oxygen atoms in total. The van der Waals surface area contributed by atoms with Gasteiger partial charge in [-0.1, -0.05) is 416 Å². The van der Waals surface area contributed by atoms with Crippen molar-refractivity contribution < 1.29 is 29.1 Å². The second kappa shape index (κ2) is 51.3. The fraction of sp³-hybridized carbons (Fsp3) is 0.728. The number of hydrogen-bond acceptors (Lipinski definition) is 5. The van der Waals surface area contributed by atoms with Crippen LogP contribution in [0, 0.1) is 0 Å². The summed E-state index contributed by atoms with van der Waals surface area (Å²) in [5.41, 5.74) is 2.30. The molecule has 558 valence electrons. The van der Waals surface area contributed by atoms with Gasteiger partial charge >= 0.3 is 5.97 Å². The van der Waals surface area contributed by atoms with Gasteiger partial charge in [0.15, 0.2) is 0 Å². The highest BCUT2D eigenvalue weighted by Crippen LogP contribution is 2.46. The number of nitrogens with zero attached hydrogens (tertiary/aromatic N) is 2. The Bertz CT molecular complexity index is 2950. The molecule has 0 radical (unpaired) electrons. The van der Waals surface area contributed by atoms with Gasteiger partial charge in [0.05, 0.1) is 0 Å². The van der Waals surface area contributed by atoms with Crippen molar-refractivity contribution in [1.82, 2.24) is 9.80 Å². The zero-order chi connectivity index (χ0) is 70.3. The number of carbonyl (C=O) groups excluding carboxylic acids is 4. The molecule has 0 aliphatic carbocycles. The third kappa shape index (κ3) is 29.0. The molecule has 5 aromatic carbocycles. The van der Waals surface area contributed by atoms with E-state index < -0.39 is 5.97 Å². The number of carbonyl (C=O) groups is 5. The van der Waals surface area contributed by atoms with Crippen LogP contribution in [0.3, 0.4) is 0 Å². The van der Waals surface area contributed by atoms with E-state index in [0.717, 1.165) is 94.5 Å². The van der Waals surface area contributed by atoms with Crippen molar-refractivity contribution in [2.45, 2.75) is 418 Å². The van der Waals surface area contributed by atoms with Crippen LogP contribution < -0.4 is 0 Å². The number of unbranched alkanes of at least 4 members (excludes halogenated alkanes) is 61. The van der Waals surface area contributed by atoms with E-state index in [9.17, 15) is 24.0 Å². The molecule has 0 spiro atoms. The summed E-state index contributed by atoms with van der Waals surface area (Å²) in [4.78, 5) is 70.5. The van der Waals surface area contributed by atoms with E-state index in [-0.39, 0.29) is 23.6 Å². The molecule has 2 aliphatic heterocycles. The Morgan fingerprint density at radius 3 is 0.560 bits per heavy atom. The highest BCUT2D eigenvalue weighted by atomic mass is 16.4. The maximum absolute atomic E-state index is 14.2. The minimum absolute atomic E-state index is 0.212. The summed E-state index contributed by atoms with van der Waals surface area (Å²) in [6.45, 7) is 3.17. The summed E-state index contributed by atoms with van der Waals surface area (Å²) < 4.78 is 0. The van der Waals surface area contributed by atoms with Crippen LogP contribution in [0.5, 0.6) is 0 Å². The minimum atomic E-state index is -0.661. The molecule has 0 fully saturated rings. The van der Waals surface area contributed by atoms with Crippen molar-refractivity contribution in [3.8, 4) is 0 Å². The monoisotopic (exact) mass is 1370 g/mol. The molecule has 7 rings (SSSR count). The number of imide groups is 2. The Morgan fingerprint density at radius 1 is 0.230 bits per heavy atom. The molecule has 1 N–H and O–H groups in total. The van der Waals surface area contributed by atoms with Crippen LogP contribution >= 0.6 is 0 Å². The maximum Gasteiger partial charge on any atom is 0.303 e. The standard InChI is InChI=1S/C92H144N2O6/c1-2-3-4-5-6-7-8-9-10-11-12-13-14-15-16-17-18-21-24-27-30-33-36-39-42-45-48-51-54-57-60-63-74-93-89(97)80-70-66-76-78-68-72-82-88-83(73-69-79(86(78)88)77-67-71-81(90(93)98)87(80)85(76)77)92(100)94(91(82)99)75-64-61-58-55-52-49-46-43-40-37-34-31-28-25-22-19-20-23-26-29-32-35-38-41-44-47-50-53-56-59-62-65-84(95)96/h66-73H,2-65,74-75H2,1H3,(H,95,96). The lowest BCUT2D eigenvalue weighted by atomic mass is 9.82. The summed E-state index contributed by atoms with van der Waals surface area (Å²) in [5.74, 6) is -1.51. The molecule has 8 heteroatoms. The maximum atomic E-state index is 14.2. The van der Waals surface area contributed by atoms with Crippen LogP contribution in [0.4, 0.5) is 0 Å². The predicted molar refractivity (Wildman–Crippen MR) is 427 cm³/mol. The SMILES string of the molecule is CCCCCCCCCCCCCCCCCCCCCCCCCCCCCCCCCCN1C(=O)c2ccc3c4ccc5c6c(ccc(c7ccc(c2c37)C1=O)c64)C(=O)N(CCCCCCCCCCCCCCCCCCCCCCCCCCCCCCCCCC(=O)O)C5=O. The summed E-state index contributed by atoms with van der Waals surface area (Å²) in [6, 6.07) is 15.7. The minimum Gasteiger partial charge on any atom is -0.481 e. The van der Waals surface area contributed by atoms with Gasteiger partial charge in [0.2, 0.25) is 0 Å². The van der Waals surface area contributed by atoms with Gasteiger partial charge in [0, 0.05) is 52.5 Å². The first-order valence-corrected chi connectivity index (χ1v) is 43.5. The first-order valence-electron chi connectivity index (χ1n) is 43.5. The highest BCUT2D eigenvalue weighted by molar-refractivity contribution is 6.41. The second-order valence-electron chi connectivity index (χ2n) is 31.7. The van der Waals surface area contributed by atoms with Crippen molar-refractivity contribution in [3.63, 3.8) is 0 Å². The van der Waals surface area contributed by atoms with Crippen molar-refractivity contribution in [1.29, 1.82) is 0 Å². The molecule has 100 heavy (non-hydrogen) atoms. The summed E-state index contributed by atoms with van der Waals surface area (Å²) in [6.07, 6.45) is 84.5. The predicted octanol–water partition coefficient (Wildman–Crippen LogP) is 29.0. The molecule has 2 aliphatic rings. The number of carboxylic acid groups (broad SMARTS) is 1. The molecular formula is C92H144N2O6. The number of rotatable bonds is 67. The van der Waals surface area contributed by atoms with Crippen LogP contribution in [0.1, 0.15) is 459 Å². The number of benzene rings is 5. The summed E-state index contributed by atoms with van der Waals surface area (Å²) in [5, 5.41) is 15.7. The van der Waals surface area contributed by atoms with Crippen molar-refractivity contribution >= 4 is 72.7 Å². The molecule has 0 aromatic heterocycles. The average Bonchev–Trinajstić information content (AvgIpc) is 0.693. The Morgan fingerprint density at radius 2 is 0.390 bits per heavy atom. The van der Waals surface area contributed by atoms with E-state index in [1.54, 1.807) is 0 Å². The molecule has 4 amide bonds. The third-order valence-corrected chi connectivity index (χ3v) is 23.3. The van der Waals surface area contributed by atoms with Crippen LogP contribution in [0.15, 0.2) is 48.5 Å². The molecule has 0 bridgehead atoms. The van der Waals surface area contributed by atoms with E-state index in [4.69, 9.17) is 5.11 Å². The van der Waals surface area contributed by atoms with E-state index in [1.807, 2.05) is 48.5 Å². The van der Waals surface area contributed by atoms with Crippen LogP contribution in [0.25, 0.3) is 43.1 Å². The fourth-order valence-electron chi connectivity index (χ4n) is 17.1. The van der Waals surface area contributed by atoms with E-state index in [2.05, 4.69) is 6.92 Å². The van der Waals surface area contributed by atoms with Crippen molar-refractivity contribution in [2.75, 3.05) is 13.1 Å². The lowest BCUT2D eigenvalue weighted by molar-refractivity contribution is -0.137. The van der Waals surface area contributed by atoms with Gasteiger partial charge in [-0.3, -0.25) is 33.8 Å². The average molecular weight is 1370 g/mol. The highest BCUT2D eigenvalue weighted by Gasteiger charge is 2.37. The van der Waals surface area contributed by atoms with Gasteiger partial charge in [-0.25, -0.2) is 0 Å². The molecule has 0 unspecified atom stereocenters. The first kappa shape index (κ1) is 82.4. The fourth-order valence-corrected chi connectivity index (χ4v) is 17.1.